The molecule has 7 nitrogen and oxygen atoms in total. The third-order valence-electron chi connectivity index (χ3n) is 4.80. The van der Waals surface area contributed by atoms with Gasteiger partial charge >= 0.3 is 5.97 Å². The van der Waals surface area contributed by atoms with Gasteiger partial charge in [0, 0.05) is 0 Å². The van der Waals surface area contributed by atoms with Crippen molar-refractivity contribution in [1.82, 2.24) is 4.57 Å². The van der Waals surface area contributed by atoms with Crippen LogP contribution in [0.4, 0.5) is 0 Å². The Labute approximate surface area is 182 Å². The lowest BCUT2D eigenvalue weighted by Crippen LogP contribution is -2.39. The van der Waals surface area contributed by atoms with Gasteiger partial charge in [0.1, 0.15) is 17.6 Å². The van der Waals surface area contributed by atoms with Crippen molar-refractivity contribution >= 4 is 23.4 Å². The molecule has 2 aromatic heterocycles. The summed E-state index contributed by atoms with van der Waals surface area (Å²) in [6, 6.07) is 10.3. The Morgan fingerprint density at radius 1 is 1.26 bits per heavy atom. The molecule has 0 saturated carbocycles. The number of carbonyl (C=O) groups is 1. The Morgan fingerprint density at radius 3 is 2.81 bits per heavy atom. The number of benzene rings is 1. The predicted molar refractivity (Wildman–Crippen MR) is 117 cm³/mol. The lowest BCUT2D eigenvalue weighted by Gasteiger charge is -2.22. The third kappa shape index (κ3) is 3.98. The van der Waals surface area contributed by atoms with Crippen molar-refractivity contribution in [2.24, 2.45) is 4.99 Å². The van der Waals surface area contributed by atoms with E-state index in [4.69, 9.17) is 13.9 Å². The van der Waals surface area contributed by atoms with E-state index >= 15 is 0 Å². The average Bonchev–Trinajstić information content (AvgIpc) is 3.37. The van der Waals surface area contributed by atoms with Crippen LogP contribution in [0.1, 0.15) is 38.1 Å². The molecule has 4 rings (SSSR count). The number of rotatable bonds is 6. The molecule has 0 spiro atoms. The Kier molecular flexibility index (Phi) is 5.90. The second-order valence-corrected chi connectivity index (χ2v) is 7.83. The van der Waals surface area contributed by atoms with Gasteiger partial charge in [-0.15, -0.1) is 0 Å². The summed E-state index contributed by atoms with van der Waals surface area (Å²) < 4.78 is 18.4. The number of nitrogens with zero attached hydrogens (tertiary/aromatic N) is 2. The van der Waals surface area contributed by atoms with Crippen LogP contribution in [0.3, 0.4) is 0 Å². The van der Waals surface area contributed by atoms with Gasteiger partial charge in [0.15, 0.2) is 4.80 Å². The fourth-order valence-corrected chi connectivity index (χ4v) is 4.57. The van der Waals surface area contributed by atoms with Gasteiger partial charge in [-0.05, 0) is 56.7 Å². The molecule has 31 heavy (non-hydrogen) atoms. The summed E-state index contributed by atoms with van der Waals surface area (Å²) >= 11 is 1.27. The van der Waals surface area contributed by atoms with Crippen LogP contribution in [0.2, 0.25) is 0 Å². The number of fused-ring (bicyclic) bond motifs is 1. The topological polar surface area (TPSA) is 83.0 Å². The minimum Gasteiger partial charge on any atom is -0.494 e. The Hall–Kier alpha value is -3.39. The molecule has 0 radical (unpaired) electrons. The van der Waals surface area contributed by atoms with Crippen molar-refractivity contribution in [3.63, 3.8) is 0 Å². The summed E-state index contributed by atoms with van der Waals surface area (Å²) in [6.07, 6.45) is 3.32. The molecule has 3 heterocycles. The number of thiazole rings is 1. The first-order valence-corrected chi connectivity index (χ1v) is 10.8. The van der Waals surface area contributed by atoms with E-state index in [0.29, 0.717) is 33.0 Å². The highest BCUT2D eigenvalue weighted by molar-refractivity contribution is 7.07. The van der Waals surface area contributed by atoms with E-state index in [0.717, 1.165) is 11.3 Å². The first kappa shape index (κ1) is 20.9. The second kappa shape index (κ2) is 8.77. The predicted octanol–water partition coefficient (Wildman–Crippen LogP) is 2.79. The van der Waals surface area contributed by atoms with Crippen LogP contribution >= 0.6 is 11.3 Å². The number of ether oxygens (including phenoxy) is 2. The normalized spacial score (nSPS) is 16.1. The van der Waals surface area contributed by atoms with Crippen molar-refractivity contribution in [1.29, 1.82) is 0 Å². The summed E-state index contributed by atoms with van der Waals surface area (Å²) in [6.45, 7) is 6.18. The highest BCUT2D eigenvalue weighted by Gasteiger charge is 2.34. The molecule has 1 atom stereocenters. The molecule has 0 amide bonds. The maximum Gasteiger partial charge on any atom is 0.338 e. The Morgan fingerprint density at radius 2 is 2.10 bits per heavy atom. The fraction of sp³-hybridized carbons (Fsp3) is 0.261. The lowest BCUT2D eigenvalue weighted by molar-refractivity contribution is -0.139. The second-order valence-electron chi connectivity index (χ2n) is 6.82. The number of carbonyl (C=O) groups excluding carboxylic acids is 1. The average molecular weight is 439 g/mol. The molecule has 0 bridgehead atoms. The number of esters is 1. The molecule has 0 saturated heterocycles. The van der Waals surface area contributed by atoms with E-state index in [9.17, 15) is 9.59 Å². The third-order valence-corrected chi connectivity index (χ3v) is 5.78. The minimum atomic E-state index is -0.734. The van der Waals surface area contributed by atoms with Gasteiger partial charge in [0.2, 0.25) is 0 Å². The van der Waals surface area contributed by atoms with Crippen molar-refractivity contribution in [2.75, 3.05) is 13.2 Å². The molecular formula is C23H22N2O5S. The number of aromatic nitrogens is 1. The van der Waals surface area contributed by atoms with E-state index < -0.39 is 12.0 Å². The Balaban J connectivity index is 1.89. The van der Waals surface area contributed by atoms with Crippen LogP contribution < -0.4 is 19.6 Å². The highest BCUT2D eigenvalue weighted by Crippen LogP contribution is 2.30. The molecule has 1 aliphatic heterocycles. The van der Waals surface area contributed by atoms with Crippen molar-refractivity contribution < 1.29 is 18.7 Å². The number of allylic oxidation sites excluding steroid dienone is 1. The van der Waals surface area contributed by atoms with E-state index in [1.54, 1.807) is 32.1 Å². The summed E-state index contributed by atoms with van der Waals surface area (Å²) in [7, 11) is 0. The van der Waals surface area contributed by atoms with Crippen LogP contribution in [0.15, 0.2) is 68.1 Å². The number of hydrogen-bond acceptors (Lipinski definition) is 7. The van der Waals surface area contributed by atoms with Crippen molar-refractivity contribution in [2.45, 2.75) is 26.8 Å². The minimum absolute atomic E-state index is 0.223. The van der Waals surface area contributed by atoms with Gasteiger partial charge in [-0.25, -0.2) is 9.79 Å². The SMILES string of the molecule is CCOC(=O)C1=C(C)N=c2s/c(=C\c3cccc(OCC)c3)c(=O)n2C1c1ccco1. The molecular weight excluding hydrogens is 416 g/mol. The van der Waals surface area contributed by atoms with Crippen molar-refractivity contribution in [3.8, 4) is 5.75 Å². The molecule has 0 fully saturated rings. The van der Waals surface area contributed by atoms with Gasteiger partial charge in [0.25, 0.3) is 5.56 Å². The van der Waals surface area contributed by atoms with Gasteiger partial charge in [-0.3, -0.25) is 9.36 Å². The molecule has 0 N–H and O–H groups in total. The van der Waals surface area contributed by atoms with Crippen molar-refractivity contribution in [3.05, 3.63) is 84.9 Å². The van der Waals surface area contributed by atoms with E-state index in [1.165, 1.54) is 22.2 Å². The fourth-order valence-electron chi connectivity index (χ4n) is 3.52. The quantitative estimate of drug-likeness (QED) is 0.553. The van der Waals surface area contributed by atoms with E-state index in [-0.39, 0.29) is 12.2 Å². The molecule has 3 aromatic rings. The van der Waals surface area contributed by atoms with Gasteiger partial charge in [-0.1, -0.05) is 23.5 Å². The van der Waals surface area contributed by atoms with Crippen LogP contribution in [0, 0.1) is 0 Å². The molecule has 1 aliphatic rings. The zero-order valence-electron chi connectivity index (χ0n) is 17.5. The zero-order valence-corrected chi connectivity index (χ0v) is 18.3. The van der Waals surface area contributed by atoms with Gasteiger partial charge in [0.05, 0.1) is 35.3 Å². The van der Waals surface area contributed by atoms with Crippen LogP contribution in [-0.2, 0) is 9.53 Å². The van der Waals surface area contributed by atoms with Crippen LogP contribution in [-0.4, -0.2) is 23.8 Å². The number of furan rings is 1. The number of hydrogen-bond donors (Lipinski definition) is 0. The van der Waals surface area contributed by atoms with Crippen LogP contribution in [0.25, 0.3) is 6.08 Å². The van der Waals surface area contributed by atoms with Gasteiger partial charge in [-0.2, -0.15) is 0 Å². The summed E-state index contributed by atoms with van der Waals surface area (Å²) in [5.41, 5.74) is 1.40. The van der Waals surface area contributed by atoms with E-state index in [1.807, 2.05) is 31.2 Å². The molecule has 8 heteroatoms. The summed E-state index contributed by atoms with van der Waals surface area (Å²) in [4.78, 5) is 31.2. The maximum atomic E-state index is 13.4. The van der Waals surface area contributed by atoms with Gasteiger partial charge < -0.3 is 13.9 Å². The molecule has 0 aliphatic carbocycles. The smallest absolute Gasteiger partial charge is 0.338 e. The standard InChI is InChI=1S/C23H22N2O5S/c1-4-28-16-9-6-8-15(12-16)13-18-21(26)25-20(17-10-7-11-30-17)19(22(27)29-5-2)14(3)24-23(25)31-18/h6-13,20H,4-5H2,1-3H3/b18-13-. The summed E-state index contributed by atoms with van der Waals surface area (Å²) in [5, 5.41) is 0. The first-order chi connectivity index (χ1) is 15.0. The largest absolute Gasteiger partial charge is 0.494 e. The maximum absolute atomic E-state index is 13.4. The molecule has 1 aromatic carbocycles. The zero-order chi connectivity index (χ0) is 22.0. The first-order valence-electron chi connectivity index (χ1n) is 9.99. The molecule has 160 valence electrons. The molecule has 1 unspecified atom stereocenters. The highest BCUT2D eigenvalue weighted by atomic mass is 32.1. The van der Waals surface area contributed by atoms with Crippen LogP contribution in [0.5, 0.6) is 5.75 Å². The monoisotopic (exact) mass is 438 g/mol. The lowest BCUT2D eigenvalue weighted by atomic mass is 10.0. The van der Waals surface area contributed by atoms with E-state index in [2.05, 4.69) is 4.99 Å². The summed E-state index contributed by atoms with van der Waals surface area (Å²) in [5.74, 6) is 0.699. The Bertz CT molecular complexity index is 1310.